The summed E-state index contributed by atoms with van der Waals surface area (Å²) >= 11 is 0. The molecule has 0 fully saturated rings. The minimum atomic E-state index is -0.816. The van der Waals surface area contributed by atoms with Gasteiger partial charge in [-0.2, -0.15) is 0 Å². The first-order chi connectivity index (χ1) is 12.4. The summed E-state index contributed by atoms with van der Waals surface area (Å²) in [5.41, 5.74) is 3.32. The summed E-state index contributed by atoms with van der Waals surface area (Å²) in [6.45, 7) is 5.49. The molecule has 0 saturated carbocycles. The number of halogens is 1. The van der Waals surface area contributed by atoms with E-state index in [4.69, 9.17) is 9.37 Å². The van der Waals surface area contributed by atoms with Gasteiger partial charge >= 0.3 is 0 Å². The highest BCUT2D eigenvalue weighted by Gasteiger charge is 2.21. The van der Waals surface area contributed by atoms with Gasteiger partial charge in [0.1, 0.15) is 11.6 Å². The number of carbonyl (C=O) groups is 1. The lowest BCUT2D eigenvalue weighted by Gasteiger charge is -2.14. The Balaban J connectivity index is 1.75. The number of rotatable bonds is 5. The average molecular weight is 355 g/mol. The standard InChI is InChI=1S/C19H18FN3O3/c1-11-4-5-12(2)16(10-11)17-18(23-26-22-17)21-19(24)13(3)25-15-8-6-14(20)7-9-15/h4-10,13H,1-3H3,(H,21,23,24). The number of amides is 1. The number of nitrogens with zero attached hydrogens (tertiary/aromatic N) is 2. The zero-order valence-electron chi connectivity index (χ0n) is 14.6. The fourth-order valence-corrected chi connectivity index (χ4v) is 2.43. The third-order valence-corrected chi connectivity index (χ3v) is 3.87. The Bertz CT molecular complexity index is 922. The van der Waals surface area contributed by atoms with E-state index in [1.807, 2.05) is 32.0 Å². The van der Waals surface area contributed by atoms with Gasteiger partial charge in [-0.15, -0.1) is 0 Å². The first-order valence-electron chi connectivity index (χ1n) is 8.07. The van der Waals surface area contributed by atoms with Crippen molar-refractivity contribution in [2.45, 2.75) is 26.9 Å². The van der Waals surface area contributed by atoms with Gasteiger partial charge in [0.15, 0.2) is 11.8 Å². The average Bonchev–Trinajstić information content (AvgIpc) is 3.07. The lowest BCUT2D eigenvalue weighted by molar-refractivity contribution is -0.122. The normalized spacial score (nSPS) is 11.8. The fraction of sp³-hybridized carbons (Fsp3) is 0.211. The Labute approximate surface area is 149 Å². The van der Waals surface area contributed by atoms with E-state index in [0.717, 1.165) is 16.7 Å². The van der Waals surface area contributed by atoms with Crippen LogP contribution in [0.4, 0.5) is 10.2 Å². The van der Waals surface area contributed by atoms with Gasteiger partial charge in [0.2, 0.25) is 5.82 Å². The van der Waals surface area contributed by atoms with E-state index in [9.17, 15) is 9.18 Å². The van der Waals surface area contributed by atoms with Crippen LogP contribution in [0, 0.1) is 19.7 Å². The summed E-state index contributed by atoms with van der Waals surface area (Å²) < 4.78 is 23.3. The van der Waals surface area contributed by atoms with Crippen LogP contribution in [0.1, 0.15) is 18.1 Å². The molecule has 7 heteroatoms. The summed E-state index contributed by atoms with van der Waals surface area (Å²) in [4.78, 5) is 12.4. The van der Waals surface area contributed by atoms with Crippen LogP contribution in [0.3, 0.4) is 0 Å². The predicted octanol–water partition coefficient (Wildman–Crippen LogP) is 3.90. The fourth-order valence-electron chi connectivity index (χ4n) is 2.43. The first-order valence-corrected chi connectivity index (χ1v) is 8.07. The maximum Gasteiger partial charge on any atom is 0.266 e. The number of anilines is 1. The van der Waals surface area contributed by atoms with Crippen molar-refractivity contribution in [2.24, 2.45) is 0 Å². The Morgan fingerprint density at radius 3 is 2.62 bits per heavy atom. The van der Waals surface area contributed by atoms with E-state index in [1.54, 1.807) is 6.92 Å². The molecule has 0 aliphatic heterocycles. The Hall–Kier alpha value is -3.22. The van der Waals surface area contributed by atoms with Crippen molar-refractivity contribution in [1.29, 1.82) is 0 Å². The van der Waals surface area contributed by atoms with Crippen LogP contribution in [0.15, 0.2) is 47.1 Å². The van der Waals surface area contributed by atoms with E-state index in [2.05, 4.69) is 15.6 Å². The van der Waals surface area contributed by atoms with Gasteiger partial charge in [-0.3, -0.25) is 4.79 Å². The zero-order chi connectivity index (χ0) is 18.7. The van der Waals surface area contributed by atoms with Gasteiger partial charge in [0, 0.05) is 5.56 Å². The molecule has 0 spiro atoms. The number of benzene rings is 2. The maximum atomic E-state index is 12.9. The minimum absolute atomic E-state index is 0.221. The van der Waals surface area contributed by atoms with Crippen LogP contribution in [-0.2, 0) is 4.79 Å². The maximum absolute atomic E-state index is 12.9. The molecule has 26 heavy (non-hydrogen) atoms. The second-order valence-electron chi connectivity index (χ2n) is 5.98. The second-order valence-corrected chi connectivity index (χ2v) is 5.98. The van der Waals surface area contributed by atoms with E-state index >= 15 is 0 Å². The highest BCUT2D eigenvalue weighted by Crippen LogP contribution is 2.28. The molecular formula is C19H18FN3O3. The van der Waals surface area contributed by atoms with Crippen molar-refractivity contribution < 1.29 is 18.6 Å². The van der Waals surface area contributed by atoms with Crippen molar-refractivity contribution in [3.63, 3.8) is 0 Å². The smallest absolute Gasteiger partial charge is 0.266 e. The van der Waals surface area contributed by atoms with Gasteiger partial charge in [0.25, 0.3) is 5.91 Å². The quantitative estimate of drug-likeness (QED) is 0.751. The molecule has 1 unspecified atom stereocenters. The van der Waals surface area contributed by atoms with E-state index in [0.29, 0.717) is 11.4 Å². The number of hydrogen-bond donors (Lipinski definition) is 1. The van der Waals surface area contributed by atoms with Gasteiger partial charge < -0.3 is 10.1 Å². The Kier molecular flexibility index (Phi) is 4.97. The summed E-state index contributed by atoms with van der Waals surface area (Å²) in [5, 5.41) is 10.4. The van der Waals surface area contributed by atoms with Crippen LogP contribution in [0.2, 0.25) is 0 Å². The topological polar surface area (TPSA) is 77.3 Å². The number of ether oxygens (including phenoxy) is 1. The molecule has 1 amide bonds. The van der Waals surface area contributed by atoms with E-state index in [-0.39, 0.29) is 11.6 Å². The summed E-state index contributed by atoms with van der Waals surface area (Å²) in [6, 6.07) is 11.3. The largest absolute Gasteiger partial charge is 0.481 e. The first kappa shape index (κ1) is 17.6. The van der Waals surface area contributed by atoms with Crippen LogP contribution in [0.5, 0.6) is 5.75 Å². The molecule has 134 valence electrons. The monoisotopic (exact) mass is 355 g/mol. The predicted molar refractivity (Wildman–Crippen MR) is 94.3 cm³/mol. The number of aryl methyl sites for hydroxylation is 2. The van der Waals surface area contributed by atoms with Crippen LogP contribution >= 0.6 is 0 Å². The summed E-state index contributed by atoms with van der Waals surface area (Å²) in [5.74, 6) is -0.182. The van der Waals surface area contributed by atoms with Gasteiger partial charge in [-0.25, -0.2) is 9.02 Å². The van der Waals surface area contributed by atoms with Crippen LogP contribution < -0.4 is 10.1 Å². The lowest BCUT2D eigenvalue weighted by atomic mass is 10.0. The molecule has 6 nitrogen and oxygen atoms in total. The molecule has 0 saturated heterocycles. The lowest BCUT2D eigenvalue weighted by Crippen LogP contribution is -2.30. The molecule has 0 aliphatic carbocycles. The SMILES string of the molecule is Cc1ccc(C)c(-c2nonc2NC(=O)C(C)Oc2ccc(F)cc2)c1. The summed E-state index contributed by atoms with van der Waals surface area (Å²) in [7, 11) is 0. The third kappa shape index (κ3) is 3.88. The number of aromatic nitrogens is 2. The molecule has 3 aromatic rings. The molecule has 1 atom stereocenters. The molecule has 0 aliphatic rings. The van der Waals surface area contributed by atoms with Crippen molar-refractivity contribution in [3.8, 4) is 17.0 Å². The van der Waals surface area contributed by atoms with E-state index < -0.39 is 12.0 Å². The number of carbonyl (C=O) groups excluding carboxylic acids is 1. The van der Waals surface area contributed by atoms with Crippen molar-refractivity contribution in [3.05, 3.63) is 59.4 Å². The second kappa shape index (κ2) is 7.35. The highest BCUT2D eigenvalue weighted by atomic mass is 19.1. The van der Waals surface area contributed by atoms with Gasteiger partial charge in [0.05, 0.1) is 0 Å². The zero-order valence-corrected chi connectivity index (χ0v) is 14.6. The Morgan fingerprint density at radius 2 is 1.88 bits per heavy atom. The minimum Gasteiger partial charge on any atom is -0.481 e. The molecule has 3 rings (SSSR count). The molecular weight excluding hydrogens is 337 g/mol. The van der Waals surface area contributed by atoms with Crippen molar-refractivity contribution in [1.82, 2.24) is 10.3 Å². The van der Waals surface area contributed by atoms with Crippen LogP contribution in [-0.4, -0.2) is 22.3 Å². The molecule has 0 bridgehead atoms. The molecule has 1 aromatic heterocycles. The number of hydrogen-bond acceptors (Lipinski definition) is 5. The van der Waals surface area contributed by atoms with Gasteiger partial charge in [-0.1, -0.05) is 17.7 Å². The number of nitrogens with one attached hydrogen (secondary N) is 1. The van der Waals surface area contributed by atoms with Crippen molar-refractivity contribution >= 4 is 11.7 Å². The molecule has 1 heterocycles. The highest BCUT2D eigenvalue weighted by molar-refractivity contribution is 5.96. The molecule has 2 aromatic carbocycles. The Morgan fingerprint density at radius 1 is 1.15 bits per heavy atom. The van der Waals surface area contributed by atoms with Crippen LogP contribution in [0.25, 0.3) is 11.3 Å². The summed E-state index contributed by atoms with van der Waals surface area (Å²) in [6.07, 6.45) is -0.816. The molecule has 0 radical (unpaired) electrons. The van der Waals surface area contributed by atoms with E-state index in [1.165, 1.54) is 24.3 Å². The van der Waals surface area contributed by atoms with Crippen molar-refractivity contribution in [2.75, 3.05) is 5.32 Å². The third-order valence-electron chi connectivity index (χ3n) is 3.87. The van der Waals surface area contributed by atoms with Gasteiger partial charge in [-0.05, 0) is 67.0 Å². The molecule has 1 N–H and O–H groups in total.